The fourth-order valence-electron chi connectivity index (χ4n) is 1.87. The van der Waals surface area contributed by atoms with Crippen LogP contribution in [0.4, 0.5) is 0 Å². The van der Waals surface area contributed by atoms with Crippen molar-refractivity contribution in [3.63, 3.8) is 0 Å². The fourth-order valence-corrected chi connectivity index (χ4v) is 1.87. The van der Waals surface area contributed by atoms with Gasteiger partial charge in [-0.2, -0.15) is 0 Å². The van der Waals surface area contributed by atoms with Crippen molar-refractivity contribution in [3.8, 4) is 0 Å². The number of amides is 2. The molecule has 0 unspecified atom stereocenters. The summed E-state index contributed by atoms with van der Waals surface area (Å²) in [5.41, 5.74) is 0. The molecule has 1 fully saturated rings. The van der Waals surface area contributed by atoms with Gasteiger partial charge in [0.25, 0.3) is 0 Å². The van der Waals surface area contributed by atoms with Gasteiger partial charge in [0, 0.05) is 46.3 Å². The van der Waals surface area contributed by atoms with Crippen molar-refractivity contribution in [3.05, 3.63) is 0 Å². The molecule has 0 atom stereocenters. The SMILES string of the molecule is COCCCNC(=O)CNCCC(=O)N1CCOCC1. The molecular weight excluding hydrogens is 262 g/mol. The van der Waals surface area contributed by atoms with Crippen LogP contribution in [0.5, 0.6) is 0 Å². The predicted molar refractivity (Wildman–Crippen MR) is 74.4 cm³/mol. The number of nitrogens with one attached hydrogen (secondary N) is 2. The lowest BCUT2D eigenvalue weighted by molar-refractivity contribution is -0.135. The van der Waals surface area contributed by atoms with Gasteiger partial charge < -0.3 is 25.0 Å². The first-order valence-corrected chi connectivity index (χ1v) is 7.06. The van der Waals surface area contributed by atoms with Crippen molar-refractivity contribution < 1.29 is 19.1 Å². The molecule has 7 heteroatoms. The van der Waals surface area contributed by atoms with E-state index in [1.807, 2.05) is 0 Å². The number of methoxy groups -OCH3 is 1. The van der Waals surface area contributed by atoms with Gasteiger partial charge in [0.1, 0.15) is 0 Å². The Bertz CT molecular complexity index is 293. The fraction of sp³-hybridized carbons (Fsp3) is 0.846. The van der Waals surface area contributed by atoms with Crippen molar-refractivity contribution in [1.29, 1.82) is 0 Å². The smallest absolute Gasteiger partial charge is 0.233 e. The van der Waals surface area contributed by atoms with E-state index in [0.29, 0.717) is 52.4 Å². The minimum Gasteiger partial charge on any atom is -0.385 e. The maximum atomic E-state index is 11.8. The number of rotatable bonds is 9. The zero-order valence-electron chi connectivity index (χ0n) is 12.2. The molecule has 0 bridgehead atoms. The maximum Gasteiger partial charge on any atom is 0.233 e. The number of carbonyl (C=O) groups is 2. The maximum absolute atomic E-state index is 11.8. The van der Waals surface area contributed by atoms with Gasteiger partial charge in [0.05, 0.1) is 19.8 Å². The quantitative estimate of drug-likeness (QED) is 0.531. The van der Waals surface area contributed by atoms with E-state index in [1.165, 1.54) is 0 Å². The zero-order valence-corrected chi connectivity index (χ0v) is 12.2. The minimum absolute atomic E-state index is 0.0556. The summed E-state index contributed by atoms with van der Waals surface area (Å²) in [4.78, 5) is 25.0. The molecule has 2 N–H and O–H groups in total. The van der Waals surface area contributed by atoms with Crippen LogP contribution in [0.2, 0.25) is 0 Å². The summed E-state index contributed by atoms with van der Waals surface area (Å²) < 4.78 is 10.1. The van der Waals surface area contributed by atoms with E-state index in [1.54, 1.807) is 12.0 Å². The van der Waals surface area contributed by atoms with Crippen LogP contribution in [0.15, 0.2) is 0 Å². The molecule has 0 radical (unpaired) electrons. The van der Waals surface area contributed by atoms with Crippen LogP contribution >= 0.6 is 0 Å². The number of hydrogen-bond acceptors (Lipinski definition) is 5. The third-order valence-electron chi connectivity index (χ3n) is 3.01. The van der Waals surface area contributed by atoms with Crippen molar-refractivity contribution in [2.75, 3.05) is 59.7 Å². The van der Waals surface area contributed by atoms with E-state index >= 15 is 0 Å². The number of hydrogen-bond donors (Lipinski definition) is 2. The highest BCUT2D eigenvalue weighted by Gasteiger charge is 2.15. The van der Waals surface area contributed by atoms with E-state index in [0.717, 1.165) is 6.42 Å². The molecule has 1 aliphatic rings. The second-order valence-electron chi connectivity index (χ2n) is 4.62. The van der Waals surface area contributed by atoms with E-state index in [-0.39, 0.29) is 18.4 Å². The third kappa shape index (κ3) is 7.42. The predicted octanol–water partition coefficient (Wildman–Crippen LogP) is -1.02. The van der Waals surface area contributed by atoms with Gasteiger partial charge in [0.2, 0.25) is 11.8 Å². The van der Waals surface area contributed by atoms with Gasteiger partial charge in [-0.25, -0.2) is 0 Å². The highest BCUT2D eigenvalue weighted by molar-refractivity contribution is 5.78. The largest absolute Gasteiger partial charge is 0.385 e. The van der Waals surface area contributed by atoms with Gasteiger partial charge in [-0.15, -0.1) is 0 Å². The monoisotopic (exact) mass is 287 g/mol. The number of nitrogens with zero attached hydrogens (tertiary/aromatic N) is 1. The van der Waals surface area contributed by atoms with E-state index in [9.17, 15) is 9.59 Å². The van der Waals surface area contributed by atoms with Crippen LogP contribution in [0, 0.1) is 0 Å². The summed E-state index contributed by atoms with van der Waals surface area (Å²) in [5.74, 6) is 0.0567. The van der Waals surface area contributed by atoms with E-state index < -0.39 is 0 Å². The van der Waals surface area contributed by atoms with Crippen molar-refractivity contribution in [1.82, 2.24) is 15.5 Å². The summed E-state index contributed by atoms with van der Waals surface area (Å²) in [6.45, 7) is 4.57. The van der Waals surface area contributed by atoms with Crippen molar-refractivity contribution in [2.24, 2.45) is 0 Å². The Morgan fingerprint density at radius 2 is 2.00 bits per heavy atom. The summed E-state index contributed by atoms with van der Waals surface area (Å²) in [6.07, 6.45) is 1.22. The van der Waals surface area contributed by atoms with E-state index in [4.69, 9.17) is 9.47 Å². The first-order chi connectivity index (χ1) is 9.74. The van der Waals surface area contributed by atoms with Crippen LogP contribution in [-0.2, 0) is 19.1 Å². The molecule has 0 aromatic carbocycles. The molecule has 0 aliphatic carbocycles. The topological polar surface area (TPSA) is 79.9 Å². The van der Waals surface area contributed by atoms with Crippen LogP contribution in [0.3, 0.4) is 0 Å². The van der Waals surface area contributed by atoms with Crippen LogP contribution in [-0.4, -0.2) is 76.4 Å². The molecule has 0 aromatic heterocycles. The number of morpholine rings is 1. The lowest BCUT2D eigenvalue weighted by atomic mass is 10.3. The summed E-state index contributed by atoms with van der Waals surface area (Å²) in [5, 5.41) is 5.75. The Kier molecular flexibility index (Phi) is 8.93. The average molecular weight is 287 g/mol. The van der Waals surface area contributed by atoms with Gasteiger partial charge >= 0.3 is 0 Å². The molecule has 1 saturated heterocycles. The molecule has 116 valence electrons. The Hall–Kier alpha value is -1.18. The summed E-state index contributed by atoms with van der Waals surface area (Å²) >= 11 is 0. The lowest BCUT2D eigenvalue weighted by Gasteiger charge is -2.26. The Balaban J connectivity index is 1.97. The zero-order chi connectivity index (χ0) is 14.6. The number of carbonyl (C=O) groups excluding carboxylic acids is 2. The van der Waals surface area contributed by atoms with Gasteiger partial charge in [-0.3, -0.25) is 9.59 Å². The lowest BCUT2D eigenvalue weighted by Crippen LogP contribution is -2.42. The first kappa shape index (κ1) is 16.9. The molecule has 1 rings (SSSR count). The first-order valence-electron chi connectivity index (χ1n) is 7.06. The normalized spacial score (nSPS) is 15.2. The van der Waals surface area contributed by atoms with Crippen LogP contribution in [0.25, 0.3) is 0 Å². The van der Waals surface area contributed by atoms with Gasteiger partial charge in [0.15, 0.2) is 0 Å². The Morgan fingerprint density at radius 1 is 1.25 bits per heavy atom. The molecule has 0 spiro atoms. The second kappa shape index (κ2) is 10.6. The van der Waals surface area contributed by atoms with Crippen molar-refractivity contribution in [2.45, 2.75) is 12.8 Å². The summed E-state index contributed by atoms with van der Waals surface area (Å²) in [7, 11) is 1.63. The second-order valence-corrected chi connectivity index (χ2v) is 4.62. The number of ether oxygens (including phenoxy) is 2. The van der Waals surface area contributed by atoms with Crippen molar-refractivity contribution >= 4 is 11.8 Å². The molecule has 2 amide bonds. The molecule has 1 heterocycles. The Morgan fingerprint density at radius 3 is 2.70 bits per heavy atom. The van der Waals surface area contributed by atoms with E-state index in [2.05, 4.69) is 10.6 Å². The molecule has 1 aliphatic heterocycles. The van der Waals surface area contributed by atoms with Gasteiger partial charge in [-0.1, -0.05) is 0 Å². The third-order valence-corrected chi connectivity index (χ3v) is 3.01. The molecule has 20 heavy (non-hydrogen) atoms. The summed E-state index contributed by atoms with van der Waals surface area (Å²) in [6, 6.07) is 0. The Labute approximate surface area is 120 Å². The van der Waals surface area contributed by atoms with Gasteiger partial charge in [-0.05, 0) is 6.42 Å². The highest BCUT2D eigenvalue weighted by Crippen LogP contribution is 1.99. The molecule has 0 aromatic rings. The average Bonchev–Trinajstić information content (AvgIpc) is 2.49. The standard InChI is InChI=1S/C13H25N3O4/c1-19-8-2-4-15-12(17)11-14-5-3-13(18)16-6-9-20-10-7-16/h14H,2-11H2,1H3,(H,15,17). The molecular formula is C13H25N3O4. The molecule has 0 saturated carbocycles. The van der Waals surface area contributed by atoms with Crippen LogP contribution < -0.4 is 10.6 Å². The minimum atomic E-state index is -0.0556. The highest BCUT2D eigenvalue weighted by atomic mass is 16.5. The van der Waals surface area contributed by atoms with Crippen LogP contribution in [0.1, 0.15) is 12.8 Å². The molecule has 7 nitrogen and oxygen atoms in total.